The minimum atomic E-state index is -0.156. The number of allylic oxidation sites excluding steroid dienone is 4. The molecule has 2 unspecified atom stereocenters. The van der Waals surface area contributed by atoms with Crippen molar-refractivity contribution >= 4 is 61.0 Å². The van der Waals surface area contributed by atoms with Crippen molar-refractivity contribution in [3.8, 4) is 5.69 Å². The Kier molecular flexibility index (Phi) is 6.31. The maximum atomic E-state index is 6.51. The second-order valence-electron chi connectivity index (χ2n) is 13.5. The summed E-state index contributed by atoms with van der Waals surface area (Å²) in [5.74, 6) is 0.744. The Morgan fingerprint density at radius 3 is 2.06 bits per heavy atom. The van der Waals surface area contributed by atoms with Crippen LogP contribution in [0.15, 0.2) is 202 Å². The summed E-state index contributed by atoms with van der Waals surface area (Å²) < 4.78 is 15.1. The molecule has 52 heavy (non-hydrogen) atoms. The predicted octanol–water partition coefficient (Wildman–Crippen LogP) is 11.6. The average molecular weight is 670 g/mol. The summed E-state index contributed by atoms with van der Waals surface area (Å²) >= 11 is 0. The molecule has 0 saturated heterocycles. The summed E-state index contributed by atoms with van der Waals surface area (Å²) in [7, 11) is 0. The van der Waals surface area contributed by atoms with E-state index in [9.17, 15) is 0 Å². The molecule has 0 amide bonds. The van der Waals surface area contributed by atoms with E-state index in [1.165, 1.54) is 27.4 Å². The molecular weight excluding hydrogens is 639 g/mol. The van der Waals surface area contributed by atoms with Gasteiger partial charge in [-0.2, -0.15) is 0 Å². The quantitative estimate of drug-likeness (QED) is 0.183. The number of furan rings is 1. The summed E-state index contributed by atoms with van der Waals surface area (Å²) in [6.45, 7) is 0. The van der Waals surface area contributed by atoms with Crippen LogP contribution in [0.1, 0.15) is 5.56 Å². The van der Waals surface area contributed by atoms with E-state index in [-0.39, 0.29) is 12.0 Å². The number of hydrogen-bond donors (Lipinski definition) is 0. The first-order chi connectivity index (χ1) is 25.8. The highest BCUT2D eigenvalue weighted by atomic mass is 16.5. The maximum absolute atomic E-state index is 6.51. The first-order valence-electron chi connectivity index (χ1n) is 17.7. The molecule has 5 nitrogen and oxygen atoms in total. The Balaban J connectivity index is 1.02. The Morgan fingerprint density at radius 2 is 1.27 bits per heavy atom. The van der Waals surface area contributed by atoms with Crippen LogP contribution in [0.5, 0.6) is 0 Å². The van der Waals surface area contributed by atoms with Crippen LogP contribution in [0.2, 0.25) is 0 Å². The van der Waals surface area contributed by atoms with E-state index in [0.717, 1.165) is 56.0 Å². The van der Waals surface area contributed by atoms with Gasteiger partial charge in [-0.25, -0.2) is 4.99 Å². The van der Waals surface area contributed by atoms with Crippen molar-refractivity contribution in [2.45, 2.75) is 6.10 Å². The molecule has 3 heterocycles. The molecule has 2 aromatic heterocycles. The number of aromatic nitrogens is 1. The number of para-hydroxylation sites is 3. The number of fused-ring (bicyclic) bond motifs is 9. The molecule has 0 N–H and O–H groups in total. The van der Waals surface area contributed by atoms with Crippen molar-refractivity contribution in [3.63, 3.8) is 0 Å². The molecular formula is C47H31N3O2. The molecule has 0 radical (unpaired) electrons. The molecule has 0 saturated carbocycles. The number of hydrogen-bond acceptors (Lipinski definition) is 4. The van der Waals surface area contributed by atoms with Crippen molar-refractivity contribution in [1.29, 1.82) is 0 Å². The fourth-order valence-corrected chi connectivity index (χ4v) is 8.13. The highest BCUT2D eigenvalue weighted by molar-refractivity contribution is 6.09. The summed E-state index contributed by atoms with van der Waals surface area (Å²) in [4.78, 5) is 7.21. The van der Waals surface area contributed by atoms with Gasteiger partial charge in [0, 0.05) is 55.8 Å². The van der Waals surface area contributed by atoms with Crippen LogP contribution in [0.3, 0.4) is 0 Å². The maximum Gasteiger partial charge on any atom is 0.221 e. The zero-order valence-electron chi connectivity index (χ0n) is 28.1. The lowest BCUT2D eigenvalue weighted by Crippen LogP contribution is -2.28. The molecule has 0 bridgehead atoms. The van der Waals surface area contributed by atoms with Gasteiger partial charge in [-0.1, -0.05) is 84.9 Å². The van der Waals surface area contributed by atoms with Crippen molar-refractivity contribution in [3.05, 3.63) is 199 Å². The normalized spacial score (nSPS) is 17.8. The van der Waals surface area contributed by atoms with Gasteiger partial charge in [0.05, 0.1) is 16.7 Å². The Labute approximate surface area is 300 Å². The van der Waals surface area contributed by atoms with Gasteiger partial charge < -0.3 is 18.6 Å². The van der Waals surface area contributed by atoms with Crippen LogP contribution < -0.4 is 4.90 Å². The molecule has 0 spiro atoms. The molecule has 0 fully saturated rings. The van der Waals surface area contributed by atoms with Crippen LogP contribution in [0, 0.1) is 5.92 Å². The molecule has 1 aliphatic heterocycles. The number of benzene rings is 6. The predicted molar refractivity (Wildman–Crippen MR) is 211 cm³/mol. The average Bonchev–Trinajstić information content (AvgIpc) is 3.91. The second-order valence-corrected chi connectivity index (χ2v) is 13.5. The fourth-order valence-electron chi connectivity index (χ4n) is 8.13. The highest BCUT2D eigenvalue weighted by Crippen LogP contribution is 2.42. The number of nitrogens with zero attached hydrogens (tertiary/aromatic N) is 3. The zero-order chi connectivity index (χ0) is 34.2. The third kappa shape index (κ3) is 4.46. The molecule has 3 aliphatic rings. The summed E-state index contributed by atoms with van der Waals surface area (Å²) in [6, 6.07) is 51.1. The SMILES string of the molecule is C1=CC2C(=CC=C3N=C(c4ccccc4)OC32)C=C1N(c1ccc(-n2c3ccccc3c3ccccc32)cc1)c1ccc2oc3ccccc3c2c1. The largest absolute Gasteiger partial charge is 0.466 e. The van der Waals surface area contributed by atoms with Gasteiger partial charge in [0.25, 0.3) is 0 Å². The lowest BCUT2D eigenvalue weighted by Gasteiger charge is -2.32. The number of aliphatic imine (C=N–C) groups is 1. The number of ether oxygens (including phenoxy) is 1. The summed E-state index contributed by atoms with van der Waals surface area (Å²) in [5.41, 5.74) is 11.6. The first kappa shape index (κ1) is 28.9. The lowest BCUT2D eigenvalue weighted by molar-refractivity contribution is 0.212. The van der Waals surface area contributed by atoms with E-state index in [4.69, 9.17) is 14.1 Å². The van der Waals surface area contributed by atoms with Crippen molar-refractivity contribution in [1.82, 2.24) is 4.57 Å². The third-order valence-corrected chi connectivity index (χ3v) is 10.6. The van der Waals surface area contributed by atoms with Crippen LogP contribution >= 0.6 is 0 Å². The van der Waals surface area contributed by atoms with Gasteiger partial charge in [-0.15, -0.1) is 0 Å². The molecule has 6 aromatic carbocycles. The fraction of sp³-hybridized carbons (Fsp3) is 0.0426. The zero-order valence-corrected chi connectivity index (χ0v) is 28.1. The van der Waals surface area contributed by atoms with Crippen LogP contribution in [-0.2, 0) is 4.74 Å². The first-order valence-corrected chi connectivity index (χ1v) is 17.7. The van der Waals surface area contributed by atoms with Gasteiger partial charge in [0.1, 0.15) is 11.2 Å². The van der Waals surface area contributed by atoms with E-state index < -0.39 is 0 Å². The van der Waals surface area contributed by atoms with Gasteiger partial charge in [0.2, 0.25) is 5.90 Å². The van der Waals surface area contributed by atoms with Crippen LogP contribution in [0.4, 0.5) is 11.4 Å². The topological polar surface area (TPSA) is 42.9 Å². The lowest BCUT2D eigenvalue weighted by atomic mass is 9.83. The van der Waals surface area contributed by atoms with Gasteiger partial charge in [-0.3, -0.25) is 0 Å². The molecule has 8 aromatic rings. The van der Waals surface area contributed by atoms with Crippen molar-refractivity contribution in [2.24, 2.45) is 10.9 Å². The smallest absolute Gasteiger partial charge is 0.221 e. The number of rotatable bonds is 5. The Morgan fingerprint density at radius 1 is 0.596 bits per heavy atom. The highest BCUT2D eigenvalue weighted by Gasteiger charge is 2.37. The second kappa shape index (κ2) is 11.3. The molecule has 2 aliphatic carbocycles. The van der Waals surface area contributed by atoms with E-state index in [0.29, 0.717) is 5.90 Å². The minimum absolute atomic E-state index is 0.0635. The van der Waals surface area contributed by atoms with Crippen molar-refractivity contribution in [2.75, 3.05) is 4.90 Å². The summed E-state index contributed by atoms with van der Waals surface area (Å²) in [6.07, 6.45) is 10.9. The molecule has 2 atom stereocenters. The standard InChI is InChI=1S/C47H31N3O2/c1-2-10-30(11-3-1)47-48-41-26-18-31-28-34(23-25-36(31)46(41)52-47)49(35-24-27-45-40(29-35)39-14-6-9-17-44(39)51-45)32-19-21-33(22-20-32)50-42-15-7-4-12-37(42)38-13-5-8-16-43(38)50/h1-29,36,46H. The molecule has 11 rings (SSSR count). The van der Waals surface area contributed by atoms with E-state index in [1.807, 2.05) is 42.5 Å². The number of anilines is 2. The summed E-state index contributed by atoms with van der Waals surface area (Å²) in [5, 5.41) is 4.70. The Hall–Kier alpha value is -6.85. The van der Waals surface area contributed by atoms with E-state index >= 15 is 0 Å². The van der Waals surface area contributed by atoms with Gasteiger partial charge in [-0.05, 0) is 96.6 Å². The van der Waals surface area contributed by atoms with Gasteiger partial charge >= 0.3 is 0 Å². The third-order valence-electron chi connectivity index (χ3n) is 10.6. The molecule has 246 valence electrons. The monoisotopic (exact) mass is 669 g/mol. The van der Waals surface area contributed by atoms with Gasteiger partial charge in [0.15, 0.2) is 6.10 Å². The molecule has 5 heteroatoms. The van der Waals surface area contributed by atoms with Crippen molar-refractivity contribution < 1.29 is 9.15 Å². The van der Waals surface area contributed by atoms with E-state index in [2.05, 4.69) is 143 Å². The van der Waals surface area contributed by atoms with E-state index in [1.54, 1.807) is 0 Å². The van der Waals surface area contributed by atoms with Crippen LogP contribution in [0.25, 0.3) is 49.4 Å². The minimum Gasteiger partial charge on any atom is -0.466 e. The van der Waals surface area contributed by atoms with Crippen LogP contribution in [-0.4, -0.2) is 16.6 Å². The Bertz CT molecular complexity index is 2830.